The molecule has 1 aliphatic rings. The van der Waals surface area contributed by atoms with Crippen LogP contribution in [-0.4, -0.2) is 55.2 Å². The van der Waals surface area contributed by atoms with Crippen LogP contribution in [0.2, 0.25) is 0 Å². The first-order valence-electron chi connectivity index (χ1n) is 4.78. The molecule has 1 heterocycles. The third-order valence-electron chi connectivity index (χ3n) is 2.77. The lowest BCUT2D eigenvalue weighted by Gasteiger charge is -2.36. The number of thiocarbonyl (C=S) groups is 1. The zero-order chi connectivity index (χ0) is 9.84. The summed E-state index contributed by atoms with van der Waals surface area (Å²) >= 11 is 5.19. The molecule has 0 spiro atoms. The van der Waals surface area contributed by atoms with Crippen LogP contribution in [0.5, 0.6) is 0 Å². The van der Waals surface area contributed by atoms with E-state index < -0.39 is 0 Å². The predicted octanol–water partition coefficient (Wildman–Crippen LogP) is 0.517. The second-order valence-corrected chi connectivity index (χ2v) is 4.09. The van der Waals surface area contributed by atoms with Gasteiger partial charge in [0.05, 0.1) is 0 Å². The molecular weight excluding hydrogens is 182 g/mol. The Hall–Kier alpha value is -0.350. The van der Waals surface area contributed by atoms with Gasteiger partial charge in [-0.15, -0.1) is 0 Å². The number of rotatable bonds is 1. The van der Waals surface area contributed by atoms with Crippen LogP contribution in [0.1, 0.15) is 12.8 Å². The van der Waals surface area contributed by atoms with Gasteiger partial charge in [-0.3, -0.25) is 0 Å². The summed E-state index contributed by atoms with van der Waals surface area (Å²) in [5, 5.41) is 3.87. The first-order chi connectivity index (χ1) is 6.15. The Labute approximate surface area is 86.1 Å². The van der Waals surface area contributed by atoms with Crippen molar-refractivity contribution in [1.29, 1.82) is 0 Å². The topological polar surface area (TPSA) is 18.5 Å². The summed E-state index contributed by atoms with van der Waals surface area (Å²) in [7, 11) is 6.13. The second kappa shape index (κ2) is 4.77. The number of piperidine rings is 1. The Morgan fingerprint density at radius 2 is 2.00 bits per heavy atom. The van der Waals surface area contributed by atoms with E-state index in [-0.39, 0.29) is 0 Å². The van der Waals surface area contributed by atoms with Gasteiger partial charge in [0.15, 0.2) is 5.11 Å². The molecular formula is C9H19N3S. The van der Waals surface area contributed by atoms with Gasteiger partial charge < -0.3 is 15.1 Å². The van der Waals surface area contributed by atoms with E-state index in [1.807, 2.05) is 7.05 Å². The van der Waals surface area contributed by atoms with Gasteiger partial charge in [0.2, 0.25) is 0 Å². The highest BCUT2D eigenvalue weighted by Crippen LogP contribution is 2.13. The van der Waals surface area contributed by atoms with Crippen molar-refractivity contribution in [2.45, 2.75) is 18.9 Å². The maximum atomic E-state index is 5.19. The predicted molar refractivity (Wildman–Crippen MR) is 59.9 cm³/mol. The number of nitrogens with one attached hydrogen (secondary N) is 1. The molecule has 0 bridgehead atoms. The van der Waals surface area contributed by atoms with Gasteiger partial charge in [-0.2, -0.15) is 0 Å². The van der Waals surface area contributed by atoms with E-state index in [2.05, 4.69) is 29.2 Å². The maximum absolute atomic E-state index is 5.19. The Morgan fingerprint density at radius 1 is 1.46 bits per heavy atom. The van der Waals surface area contributed by atoms with Crippen LogP contribution in [0.3, 0.4) is 0 Å². The fourth-order valence-electron chi connectivity index (χ4n) is 1.72. The molecule has 0 aliphatic carbocycles. The first kappa shape index (κ1) is 10.7. The average molecular weight is 201 g/mol. The lowest BCUT2D eigenvalue weighted by molar-refractivity contribution is 0.192. The molecule has 0 aromatic rings. The molecule has 0 saturated carbocycles. The SMILES string of the molecule is CNC(=S)N(C)C1CCN(C)CC1. The quantitative estimate of drug-likeness (QED) is 0.623. The zero-order valence-electron chi connectivity index (χ0n) is 8.71. The van der Waals surface area contributed by atoms with Crippen molar-refractivity contribution in [2.75, 3.05) is 34.2 Å². The fourth-order valence-corrected chi connectivity index (χ4v) is 1.87. The molecule has 4 heteroatoms. The van der Waals surface area contributed by atoms with Crippen molar-refractivity contribution >= 4 is 17.3 Å². The lowest BCUT2D eigenvalue weighted by atomic mass is 10.0. The molecule has 1 aliphatic heterocycles. The molecule has 76 valence electrons. The smallest absolute Gasteiger partial charge is 0.168 e. The van der Waals surface area contributed by atoms with Crippen LogP contribution in [0.25, 0.3) is 0 Å². The third-order valence-corrected chi connectivity index (χ3v) is 3.26. The summed E-state index contributed by atoms with van der Waals surface area (Å²) in [6.45, 7) is 2.36. The first-order valence-corrected chi connectivity index (χ1v) is 5.19. The summed E-state index contributed by atoms with van der Waals surface area (Å²) in [4.78, 5) is 4.55. The molecule has 0 amide bonds. The van der Waals surface area contributed by atoms with E-state index in [0.717, 1.165) is 5.11 Å². The number of likely N-dealkylation sites (tertiary alicyclic amines) is 1. The Kier molecular flexibility index (Phi) is 3.93. The molecule has 0 radical (unpaired) electrons. The van der Waals surface area contributed by atoms with E-state index in [1.165, 1.54) is 25.9 Å². The van der Waals surface area contributed by atoms with Gasteiger partial charge in [0.25, 0.3) is 0 Å². The van der Waals surface area contributed by atoms with Crippen LogP contribution in [0.15, 0.2) is 0 Å². The molecule has 13 heavy (non-hydrogen) atoms. The van der Waals surface area contributed by atoms with Crippen molar-refractivity contribution in [3.8, 4) is 0 Å². The van der Waals surface area contributed by atoms with Gasteiger partial charge in [0.1, 0.15) is 0 Å². The highest BCUT2D eigenvalue weighted by molar-refractivity contribution is 7.80. The van der Waals surface area contributed by atoms with Crippen molar-refractivity contribution < 1.29 is 0 Å². The number of nitrogens with zero attached hydrogens (tertiary/aromatic N) is 2. The Balaban J connectivity index is 2.39. The van der Waals surface area contributed by atoms with Crippen molar-refractivity contribution in [3.05, 3.63) is 0 Å². The molecule has 0 aromatic carbocycles. The van der Waals surface area contributed by atoms with Crippen molar-refractivity contribution in [3.63, 3.8) is 0 Å². The minimum atomic E-state index is 0.621. The van der Waals surface area contributed by atoms with Gasteiger partial charge >= 0.3 is 0 Å². The summed E-state index contributed by atoms with van der Waals surface area (Å²) < 4.78 is 0. The van der Waals surface area contributed by atoms with Crippen LogP contribution in [0, 0.1) is 0 Å². The van der Waals surface area contributed by atoms with Crippen LogP contribution in [0.4, 0.5) is 0 Å². The molecule has 0 unspecified atom stereocenters. The molecule has 1 N–H and O–H groups in total. The van der Waals surface area contributed by atoms with Crippen molar-refractivity contribution in [1.82, 2.24) is 15.1 Å². The molecule has 0 aromatic heterocycles. The van der Waals surface area contributed by atoms with Crippen LogP contribution < -0.4 is 5.32 Å². The summed E-state index contributed by atoms with van der Waals surface area (Å²) in [6, 6.07) is 0.621. The molecule has 3 nitrogen and oxygen atoms in total. The average Bonchev–Trinajstić information content (AvgIpc) is 2.17. The number of hydrogen-bond acceptors (Lipinski definition) is 2. The molecule has 0 atom stereocenters. The lowest BCUT2D eigenvalue weighted by Crippen LogP contribution is -2.47. The minimum Gasteiger partial charge on any atom is -0.366 e. The highest BCUT2D eigenvalue weighted by Gasteiger charge is 2.21. The minimum absolute atomic E-state index is 0.621. The van der Waals surface area contributed by atoms with E-state index in [0.29, 0.717) is 6.04 Å². The van der Waals surface area contributed by atoms with Gasteiger partial charge in [-0.05, 0) is 45.2 Å². The summed E-state index contributed by atoms with van der Waals surface area (Å²) in [5.74, 6) is 0. The van der Waals surface area contributed by atoms with E-state index in [4.69, 9.17) is 12.2 Å². The van der Waals surface area contributed by atoms with Crippen LogP contribution >= 0.6 is 12.2 Å². The normalized spacial score (nSPS) is 19.9. The molecule has 1 rings (SSSR count). The summed E-state index contributed by atoms with van der Waals surface area (Å²) in [6.07, 6.45) is 2.43. The van der Waals surface area contributed by atoms with Crippen molar-refractivity contribution in [2.24, 2.45) is 0 Å². The molecule has 1 saturated heterocycles. The standard InChI is InChI=1S/C9H19N3S/c1-10-9(13)12(3)8-4-6-11(2)7-5-8/h8H,4-7H2,1-3H3,(H,10,13). The monoisotopic (exact) mass is 201 g/mol. The van der Waals surface area contributed by atoms with Gasteiger partial charge in [-0.1, -0.05) is 0 Å². The largest absolute Gasteiger partial charge is 0.366 e. The van der Waals surface area contributed by atoms with Gasteiger partial charge in [-0.25, -0.2) is 0 Å². The highest BCUT2D eigenvalue weighted by atomic mass is 32.1. The summed E-state index contributed by atoms with van der Waals surface area (Å²) in [5.41, 5.74) is 0. The molecule has 1 fully saturated rings. The fraction of sp³-hybridized carbons (Fsp3) is 0.889. The second-order valence-electron chi connectivity index (χ2n) is 3.70. The van der Waals surface area contributed by atoms with E-state index in [1.54, 1.807) is 0 Å². The van der Waals surface area contributed by atoms with Gasteiger partial charge in [0, 0.05) is 20.1 Å². The Bertz CT molecular complexity index is 176. The number of hydrogen-bond donors (Lipinski definition) is 1. The zero-order valence-corrected chi connectivity index (χ0v) is 9.52. The van der Waals surface area contributed by atoms with Crippen LogP contribution in [-0.2, 0) is 0 Å². The van der Waals surface area contributed by atoms with E-state index >= 15 is 0 Å². The van der Waals surface area contributed by atoms with E-state index in [9.17, 15) is 0 Å². The Morgan fingerprint density at radius 3 is 2.46 bits per heavy atom. The maximum Gasteiger partial charge on any atom is 0.168 e. The third kappa shape index (κ3) is 2.81.